The summed E-state index contributed by atoms with van der Waals surface area (Å²) >= 11 is 1.26. The summed E-state index contributed by atoms with van der Waals surface area (Å²) in [6, 6.07) is 18.2. The Labute approximate surface area is 134 Å². The van der Waals surface area contributed by atoms with E-state index in [1.165, 1.54) is 11.8 Å². The van der Waals surface area contributed by atoms with E-state index in [1.807, 2.05) is 42.5 Å². The molecule has 1 unspecified atom stereocenters. The highest BCUT2D eigenvalue weighted by Gasteiger charge is 2.31. The van der Waals surface area contributed by atoms with Crippen LogP contribution in [-0.4, -0.2) is 22.8 Å². The molecule has 1 aliphatic heterocycles. The molecule has 1 heterocycles. The Balaban J connectivity index is 1.76. The largest absolute Gasteiger partial charge is 0.311 e. The lowest BCUT2D eigenvalue weighted by atomic mass is 10.1. The number of hydrogen-bond acceptors (Lipinski definition) is 3. The fraction of sp³-hybridized carbons (Fsp3) is 0.222. The Kier molecular flexibility index (Phi) is 4.29. The maximum Gasteiger partial charge on any atom is 0.228 e. The molecule has 0 radical (unpaired) electrons. The second kappa shape index (κ2) is 6.36. The van der Waals surface area contributed by atoms with Gasteiger partial charge in [-0.25, -0.2) is 0 Å². The van der Waals surface area contributed by atoms with Crippen molar-refractivity contribution in [1.82, 2.24) is 0 Å². The molecule has 0 N–H and O–H groups in total. The van der Waals surface area contributed by atoms with Crippen LogP contribution in [0.3, 0.4) is 0 Å². The first-order chi connectivity index (χ1) is 10.6. The van der Waals surface area contributed by atoms with Gasteiger partial charge in [0, 0.05) is 30.8 Å². The molecule has 1 amide bonds. The van der Waals surface area contributed by atoms with Crippen molar-refractivity contribution in [2.75, 3.05) is 11.4 Å². The summed E-state index contributed by atoms with van der Waals surface area (Å²) in [6.07, 6.45) is 0.435. The third-order valence-corrected chi connectivity index (χ3v) is 4.69. The van der Waals surface area contributed by atoms with E-state index < -0.39 is 0 Å². The van der Waals surface area contributed by atoms with Gasteiger partial charge in [0.05, 0.1) is 0 Å². The van der Waals surface area contributed by atoms with Crippen LogP contribution in [0, 0.1) is 0 Å². The summed E-state index contributed by atoms with van der Waals surface area (Å²) in [5, 5.41) is 0.137. The second-order valence-corrected chi connectivity index (χ2v) is 6.83. The van der Waals surface area contributed by atoms with Crippen LogP contribution in [0.4, 0.5) is 5.69 Å². The van der Waals surface area contributed by atoms with Crippen LogP contribution in [0.5, 0.6) is 0 Å². The van der Waals surface area contributed by atoms with Crippen LogP contribution in [0.1, 0.15) is 13.3 Å². The monoisotopic (exact) mass is 311 g/mol. The average Bonchev–Trinajstić information content (AvgIpc) is 2.88. The molecule has 22 heavy (non-hydrogen) atoms. The van der Waals surface area contributed by atoms with Gasteiger partial charge < -0.3 is 4.90 Å². The fourth-order valence-electron chi connectivity index (χ4n) is 2.70. The molecular formula is C18H17NO2S. The van der Waals surface area contributed by atoms with E-state index in [2.05, 4.69) is 12.1 Å². The lowest BCUT2D eigenvalue weighted by Gasteiger charge is -2.17. The Morgan fingerprint density at radius 1 is 1.05 bits per heavy atom. The molecule has 1 fully saturated rings. The van der Waals surface area contributed by atoms with Crippen LogP contribution in [-0.2, 0) is 9.59 Å². The highest BCUT2D eigenvalue weighted by atomic mass is 32.2. The first kappa shape index (κ1) is 14.9. The fourth-order valence-corrected chi connectivity index (χ4v) is 3.62. The summed E-state index contributed by atoms with van der Waals surface area (Å²) in [4.78, 5) is 25.1. The van der Waals surface area contributed by atoms with Gasteiger partial charge in [-0.1, -0.05) is 54.2 Å². The zero-order valence-corrected chi connectivity index (χ0v) is 13.2. The van der Waals surface area contributed by atoms with Crippen molar-refractivity contribution in [2.45, 2.75) is 18.6 Å². The molecule has 1 saturated heterocycles. The predicted octanol–water partition coefficient (Wildman–Crippen LogP) is 3.74. The standard InChI is InChI=1S/C18H17NO2S/c1-13(20)22-17-11-18(21)19(12-17)16-9-7-15(8-10-16)14-5-3-2-4-6-14/h2-10,17H,11-12H2,1H3. The van der Waals surface area contributed by atoms with Gasteiger partial charge in [0.15, 0.2) is 5.12 Å². The number of carbonyl (C=O) groups excluding carboxylic acids is 2. The predicted molar refractivity (Wildman–Crippen MR) is 90.9 cm³/mol. The third-order valence-electron chi connectivity index (χ3n) is 3.71. The van der Waals surface area contributed by atoms with E-state index in [-0.39, 0.29) is 16.3 Å². The van der Waals surface area contributed by atoms with Crippen molar-refractivity contribution >= 4 is 28.5 Å². The number of anilines is 1. The highest BCUT2D eigenvalue weighted by molar-refractivity contribution is 8.14. The first-order valence-corrected chi connectivity index (χ1v) is 8.14. The van der Waals surface area contributed by atoms with Gasteiger partial charge >= 0.3 is 0 Å². The molecule has 0 bridgehead atoms. The van der Waals surface area contributed by atoms with Crippen molar-refractivity contribution in [1.29, 1.82) is 0 Å². The number of carbonyl (C=O) groups is 2. The summed E-state index contributed by atoms with van der Waals surface area (Å²) in [5.74, 6) is 0.0891. The normalized spacial score (nSPS) is 17.8. The molecule has 3 nitrogen and oxygen atoms in total. The molecular weight excluding hydrogens is 294 g/mol. The lowest BCUT2D eigenvalue weighted by Crippen LogP contribution is -2.24. The summed E-state index contributed by atoms with van der Waals surface area (Å²) in [5.41, 5.74) is 3.19. The minimum atomic E-state index is 0.0683. The molecule has 1 atom stereocenters. The van der Waals surface area contributed by atoms with Crippen LogP contribution >= 0.6 is 11.8 Å². The molecule has 0 aromatic heterocycles. The third kappa shape index (κ3) is 3.22. The average molecular weight is 311 g/mol. The Morgan fingerprint density at radius 3 is 2.32 bits per heavy atom. The SMILES string of the molecule is CC(=O)SC1CC(=O)N(c2ccc(-c3ccccc3)cc2)C1. The molecule has 2 aromatic rings. The lowest BCUT2D eigenvalue weighted by molar-refractivity contribution is -0.117. The van der Waals surface area contributed by atoms with Gasteiger partial charge in [-0.2, -0.15) is 0 Å². The van der Waals surface area contributed by atoms with Gasteiger partial charge in [0.1, 0.15) is 0 Å². The number of rotatable bonds is 3. The van der Waals surface area contributed by atoms with E-state index in [1.54, 1.807) is 11.8 Å². The van der Waals surface area contributed by atoms with Crippen LogP contribution in [0.25, 0.3) is 11.1 Å². The molecule has 2 aromatic carbocycles. The first-order valence-electron chi connectivity index (χ1n) is 7.26. The van der Waals surface area contributed by atoms with Crippen LogP contribution < -0.4 is 4.90 Å². The molecule has 112 valence electrons. The molecule has 4 heteroatoms. The summed E-state index contributed by atoms with van der Waals surface area (Å²) in [7, 11) is 0. The smallest absolute Gasteiger partial charge is 0.228 e. The number of nitrogens with zero attached hydrogens (tertiary/aromatic N) is 1. The van der Waals surface area contributed by atoms with E-state index >= 15 is 0 Å². The Hall–Kier alpha value is -2.07. The summed E-state index contributed by atoms with van der Waals surface area (Å²) < 4.78 is 0. The van der Waals surface area contributed by atoms with Gasteiger partial charge in [0.2, 0.25) is 5.91 Å². The molecule has 0 spiro atoms. The Morgan fingerprint density at radius 2 is 1.68 bits per heavy atom. The maximum atomic E-state index is 12.1. The topological polar surface area (TPSA) is 37.4 Å². The Bertz CT molecular complexity index is 682. The van der Waals surface area contributed by atoms with Gasteiger partial charge in [-0.3, -0.25) is 9.59 Å². The molecule has 3 rings (SSSR count). The van der Waals surface area contributed by atoms with Crippen molar-refractivity contribution < 1.29 is 9.59 Å². The second-order valence-electron chi connectivity index (χ2n) is 5.35. The number of benzene rings is 2. The maximum absolute atomic E-state index is 12.1. The molecule has 1 aliphatic rings. The zero-order valence-electron chi connectivity index (χ0n) is 12.4. The van der Waals surface area contributed by atoms with Crippen molar-refractivity contribution in [3.63, 3.8) is 0 Å². The zero-order chi connectivity index (χ0) is 15.5. The van der Waals surface area contributed by atoms with Crippen molar-refractivity contribution in [3.8, 4) is 11.1 Å². The van der Waals surface area contributed by atoms with Gasteiger partial charge in [0.25, 0.3) is 0 Å². The highest BCUT2D eigenvalue weighted by Crippen LogP contribution is 2.30. The van der Waals surface area contributed by atoms with E-state index in [0.717, 1.165) is 16.8 Å². The van der Waals surface area contributed by atoms with E-state index in [9.17, 15) is 9.59 Å². The minimum Gasteiger partial charge on any atom is -0.311 e. The number of amides is 1. The minimum absolute atomic E-state index is 0.0683. The van der Waals surface area contributed by atoms with Crippen LogP contribution in [0.2, 0.25) is 0 Å². The number of thioether (sulfide) groups is 1. The van der Waals surface area contributed by atoms with Gasteiger partial charge in [-0.05, 0) is 23.3 Å². The van der Waals surface area contributed by atoms with Crippen molar-refractivity contribution in [3.05, 3.63) is 54.6 Å². The van der Waals surface area contributed by atoms with Crippen LogP contribution in [0.15, 0.2) is 54.6 Å². The van der Waals surface area contributed by atoms with Crippen molar-refractivity contribution in [2.24, 2.45) is 0 Å². The number of hydrogen-bond donors (Lipinski definition) is 0. The summed E-state index contributed by atoms with van der Waals surface area (Å²) in [6.45, 7) is 2.15. The van der Waals surface area contributed by atoms with Gasteiger partial charge in [-0.15, -0.1) is 0 Å². The molecule has 0 saturated carbocycles. The van der Waals surface area contributed by atoms with E-state index in [0.29, 0.717) is 13.0 Å². The molecule has 0 aliphatic carbocycles. The quantitative estimate of drug-likeness (QED) is 0.866. The van der Waals surface area contributed by atoms with E-state index in [4.69, 9.17) is 0 Å².